The summed E-state index contributed by atoms with van der Waals surface area (Å²) < 4.78 is 7.12. The summed E-state index contributed by atoms with van der Waals surface area (Å²) >= 11 is 6.58. The van der Waals surface area contributed by atoms with Crippen LogP contribution in [0.2, 0.25) is 5.15 Å². The number of benzene rings is 3. The highest BCUT2D eigenvalue weighted by atomic mass is 35.5. The normalized spacial score (nSPS) is 14.9. The Balaban J connectivity index is 1.58. The van der Waals surface area contributed by atoms with E-state index in [1.54, 1.807) is 10.8 Å². The maximum Gasteiger partial charge on any atom is 0.363 e. The Labute approximate surface area is 177 Å². The number of para-hydroxylation sites is 1. The van der Waals surface area contributed by atoms with Gasteiger partial charge in [0.05, 0.1) is 11.4 Å². The van der Waals surface area contributed by atoms with Crippen LogP contribution in [-0.4, -0.2) is 21.6 Å². The van der Waals surface area contributed by atoms with Crippen LogP contribution in [0.4, 0.5) is 0 Å². The molecule has 0 atom stereocenters. The summed E-state index contributed by atoms with van der Waals surface area (Å²) in [5.41, 5.74) is 3.13. The van der Waals surface area contributed by atoms with Crippen molar-refractivity contribution in [3.05, 3.63) is 100 Å². The topological polar surface area (TPSA) is 56.5 Å². The number of aromatic nitrogens is 2. The first-order valence-electron chi connectivity index (χ1n) is 9.43. The number of cyclic esters (lactones) is 1. The number of aliphatic imine (C=N–C) groups is 1. The van der Waals surface area contributed by atoms with Gasteiger partial charge in [-0.05, 0) is 42.0 Å². The number of carbonyl (C=O) groups is 1. The minimum absolute atomic E-state index is 0.190. The zero-order valence-corrected chi connectivity index (χ0v) is 16.8. The summed E-state index contributed by atoms with van der Waals surface area (Å²) in [4.78, 5) is 17.0. The molecule has 0 bridgehead atoms. The molecule has 0 amide bonds. The standard InChI is InChI=1S/C24H16ClN3O2/c1-15-20(22(25)28(27-15)17-10-3-2-4-11-17)14-21-24(29)30-23(26-21)19-13-7-9-16-8-5-6-12-18(16)19/h2-14H,1H3/b21-14-. The van der Waals surface area contributed by atoms with Crippen molar-refractivity contribution in [2.45, 2.75) is 6.92 Å². The molecule has 1 aliphatic rings. The molecule has 0 N–H and O–H groups in total. The van der Waals surface area contributed by atoms with Gasteiger partial charge >= 0.3 is 5.97 Å². The third-order valence-corrected chi connectivity index (χ3v) is 5.33. The van der Waals surface area contributed by atoms with Gasteiger partial charge in [0.1, 0.15) is 5.15 Å². The molecule has 0 saturated carbocycles. The lowest BCUT2D eigenvalue weighted by atomic mass is 10.0. The van der Waals surface area contributed by atoms with Crippen LogP contribution in [-0.2, 0) is 9.53 Å². The second-order valence-corrected chi connectivity index (χ2v) is 7.26. The third kappa shape index (κ3) is 3.09. The Bertz CT molecular complexity index is 1350. The van der Waals surface area contributed by atoms with Crippen LogP contribution in [0.5, 0.6) is 0 Å². The molecular formula is C24H16ClN3O2. The smallest absolute Gasteiger partial charge is 0.363 e. The van der Waals surface area contributed by atoms with Crippen molar-refractivity contribution >= 4 is 40.3 Å². The van der Waals surface area contributed by atoms with Crippen molar-refractivity contribution in [2.24, 2.45) is 4.99 Å². The molecule has 0 radical (unpaired) electrons. The molecule has 0 fully saturated rings. The highest BCUT2D eigenvalue weighted by molar-refractivity contribution is 6.31. The van der Waals surface area contributed by atoms with Crippen LogP contribution < -0.4 is 0 Å². The van der Waals surface area contributed by atoms with Crippen molar-refractivity contribution < 1.29 is 9.53 Å². The lowest BCUT2D eigenvalue weighted by Crippen LogP contribution is -2.05. The molecule has 1 aromatic heterocycles. The maximum atomic E-state index is 12.5. The minimum Gasteiger partial charge on any atom is -0.402 e. The van der Waals surface area contributed by atoms with Gasteiger partial charge in [-0.3, -0.25) is 0 Å². The molecule has 1 aliphatic heterocycles. The second kappa shape index (κ2) is 7.28. The van der Waals surface area contributed by atoms with Gasteiger partial charge in [0.25, 0.3) is 0 Å². The fraction of sp³-hybridized carbons (Fsp3) is 0.0417. The summed E-state index contributed by atoms with van der Waals surface area (Å²) in [5, 5.41) is 6.94. The van der Waals surface area contributed by atoms with Crippen molar-refractivity contribution in [3.8, 4) is 5.69 Å². The van der Waals surface area contributed by atoms with E-state index >= 15 is 0 Å². The Morgan fingerprint density at radius 1 is 0.967 bits per heavy atom. The predicted octanol–water partition coefficient (Wildman–Crippen LogP) is 5.33. The van der Waals surface area contributed by atoms with Gasteiger partial charge in [-0.25, -0.2) is 14.5 Å². The number of hydrogen-bond donors (Lipinski definition) is 0. The number of hydrogen-bond acceptors (Lipinski definition) is 4. The van der Waals surface area contributed by atoms with Crippen LogP contribution in [0, 0.1) is 6.92 Å². The van der Waals surface area contributed by atoms with Crippen LogP contribution in [0.15, 0.2) is 83.5 Å². The minimum atomic E-state index is -0.513. The Morgan fingerprint density at radius 2 is 1.70 bits per heavy atom. The Kier molecular flexibility index (Phi) is 4.45. The number of esters is 1. The van der Waals surface area contributed by atoms with E-state index < -0.39 is 5.97 Å². The summed E-state index contributed by atoms with van der Waals surface area (Å²) in [7, 11) is 0. The Hall–Kier alpha value is -3.70. The molecule has 30 heavy (non-hydrogen) atoms. The number of rotatable bonds is 3. The van der Waals surface area contributed by atoms with Gasteiger partial charge in [0.15, 0.2) is 5.70 Å². The first kappa shape index (κ1) is 18.3. The van der Waals surface area contributed by atoms with E-state index in [1.807, 2.05) is 79.7 Å². The molecule has 0 saturated heterocycles. The van der Waals surface area contributed by atoms with Crippen molar-refractivity contribution in [1.29, 1.82) is 0 Å². The first-order valence-corrected chi connectivity index (χ1v) is 9.81. The van der Waals surface area contributed by atoms with E-state index in [1.165, 1.54) is 0 Å². The van der Waals surface area contributed by atoms with Gasteiger partial charge in [0, 0.05) is 11.1 Å². The van der Waals surface area contributed by atoms with Gasteiger partial charge < -0.3 is 4.74 Å². The molecule has 146 valence electrons. The number of fused-ring (bicyclic) bond motifs is 1. The molecule has 5 nitrogen and oxygen atoms in total. The number of nitrogens with zero attached hydrogens (tertiary/aromatic N) is 3. The monoisotopic (exact) mass is 413 g/mol. The highest BCUT2D eigenvalue weighted by Crippen LogP contribution is 2.29. The van der Waals surface area contributed by atoms with Crippen molar-refractivity contribution in [1.82, 2.24) is 9.78 Å². The Morgan fingerprint density at radius 3 is 2.53 bits per heavy atom. The van der Waals surface area contributed by atoms with Gasteiger partial charge in [-0.1, -0.05) is 66.2 Å². The highest BCUT2D eigenvalue weighted by Gasteiger charge is 2.26. The quantitative estimate of drug-likeness (QED) is 0.337. The fourth-order valence-electron chi connectivity index (χ4n) is 3.49. The number of ether oxygens (including phenoxy) is 1. The van der Waals surface area contributed by atoms with Crippen molar-refractivity contribution in [2.75, 3.05) is 0 Å². The van der Waals surface area contributed by atoms with Gasteiger partial charge in [0.2, 0.25) is 5.90 Å². The number of halogens is 1. The molecule has 0 aliphatic carbocycles. The lowest BCUT2D eigenvalue weighted by Gasteiger charge is -2.04. The number of aryl methyl sites for hydroxylation is 1. The van der Waals surface area contributed by atoms with Crippen LogP contribution in [0.25, 0.3) is 22.5 Å². The summed E-state index contributed by atoms with van der Waals surface area (Å²) in [6, 6.07) is 23.3. The molecular weight excluding hydrogens is 398 g/mol. The van der Waals surface area contributed by atoms with Gasteiger partial charge in [-0.2, -0.15) is 5.10 Å². The van der Waals surface area contributed by atoms with Crippen molar-refractivity contribution in [3.63, 3.8) is 0 Å². The summed E-state index contributed by atoms with van der Waals surface area (Å²) in [6.45, 7) is 1.84. The molecule has 4 aromatic rings. The average molecular weight is 414 g/mol. The molecule has 0 spiro atoms. The van der Waals surface area contributed by atoms with E-state index in [9.17, 15) is 4.79 Å². The lowest BCUT2D eigenvalue weighted by molar-refractivity contribution is -0.129. The predicted molar refractivity (Wildman–Crippen MR) is 118 cm³/mol. The second-order valence-electron chi connectivity index (χ2n) is 6.90. The summed E-state index contributed by atoms with van der Waals surface area (Å²) in [6.07, 6.45) is 1.63. The van der Waals surface area contributed by atoms with Crippen LogP contribution in [0.1, 0.15) is 16.8 Å². The fourth-order valence-corrected chi connectivity index (χ4v) is 3.82. The molecule has 3 aromatic carbocycles. The van der Waals surface area contributed by atoms with E-state index in [0.29, 0.717) is 16.4 Å². The molecule has 6 heteroatoms. The average Bonchev–Trinajstić information content (AvgIpc) is 3.28. The largest absolute Gasteiger partial charge is 0.402 e. The maximum absolute atomic E-state index is 12.5. The van der Waals surface area contributed by atoms with Gasteiger partial charge in [-0.15, -0.1) is 0 Å². The van der Waals surface area contributed by atoms with Crippen LogP contribution >= 0.6 is 11.6 Å². The zero-order valence-electron chi connectivity index (χ0n) is 16.0. The van der Waals surface area contributed by atoms with E-state index in [2.05, 4.69) is 10.1 Å². The van der Waals surface area contributed by atoms with E-state index in [4.69, 9.17) is 16.3 Å². The summed E-state index contributed by atoms with van der Waals surface area (Å²) in [5.74, 6) is -0.229. The number of carbonyl (C=O) groups excluding carboxylic acids is 1. The zero-order chi connectivity index (χ0) is 20.7. The van der Waals surface area contributed by atoms with Crippen LogP contribution in [0.3, 0.4) is 0 Å². The van der Waals surface area contributed by atoms with E-state index in [0.717, 1.165) is 22.0 Å². The third-order valence-electron chi connectivity index (χ3n) is 4.97. The van der Waals surface area contributed by atoms with E-state index in [-0.39, 0.29) is 11.6 Å². The molecule has 0 unspecified atom stereocenters. The molecule has 2 heterocycles. The first-order chi connectivity index (χ1) is 14.6. The SMILES string of the molecule is Cc1nn(-c2ccccc2)c(Cl)c1/C=C1\N=C(c2cccc3ccccc23)OC1=O. The molecule has 5 rings (SSSR count).